The van der Waals surface area contributed by atoms with E-state index in [1.54, 1.807) is 24.6 Å². The van der Waals surface area contributed by atoms with E-state index in [9.17, 15) is 5.11 Å². The zero-order valence-corrected chi connectivity index (χ0v) is 8.65. The second-order valence-corrected chi connectivity index (χ2v) is 3.14. The van der Waals surface area contributed by atoms with Crippen LogP contribution in [0.3, 0.4) is 0 Å². The number of nitrogens with zero attached hydrogens (tertiary/aromatic N) is 2. The topological polar surface area (TPSA) is 49.0 Å². The van der Waals surface area contributed by atoms with E-state index in [0.717, 1.165) is 5.69 Å². The standard InChI is InChI=1S/C12H12N2O2/c15-10-14(11-5-2-1-3-6-11)13-9-12-7-4-8-16-12/h1-9,15H,10H2/b13-9+. The van der Waals surface area contributed by atoms with Gasteiger partial charge in [-0.15, -0.1) is 0 Å². The Morgan fingerprint density at radius 1 is 1.19 bits per heavy atom. The molecule has 0 aliphatic carbocycles. The van der Waals surface area contributed by atoms with Gasteiger partial charge in [-0.1, -0.05) is 18.2 Å². The Labute approximate surface area is 93.4 Å². The van der Waals surface area contributed by atoms with Crippen LogP contribution in [-0.4, -0.2) is 18.1 Å². The summed E-state index contributed by atoms with van der Waals surface area (Å²) in [5, 5.41) is 14.8. The summed E-state index contributed by atoms with van der Waals surface area (Å²) in [6.45, 7) is -0.179. The zero-order chi connectivity index (χ0) is 11.2. The number of hydrazone groups is 1. The highest BCUT2D eigenvalue weighted by Gasteiger charge is 2.00. The summed E-state index contributed by atoms with van der Waals surface area (Å²) >= 11 is 0. The van der Waals surface area contributed by atoms with Crippen molar-refractivity contribution in [2.45, 2.75) is 0 Å². The summed E-state index contributed by atoms with van der Waals surface area (Å²) in [4.78, 5) is 0. The molecule has 1 heterocycles. The number of furan rings is 1. The maximum absolute atomic E-state index is 9.19. The third-order valence-corrected chi connectivity index (χ3v) is 2.06. The highest BCUT2D eigenvalue weighted by Crippen LogP contribution is 2.12. The minimum atomic E-state index is -0.179. The monoisotopic (exact) mass is 216 g/mol. The van der Waals surface area contributed by atoms with Crippen LogP contribution in [-0.2, 0) is 0 Å². The molecule has 4 heteroatoms. The average Bonchev–Trinajstić information content (AvgIpc) is 2.84. The van der Waals surface area contributed by atoms with E-state index >= 15 is 0 Å². The van der Waals surface area contributed by atoms with Crippen LogP contribution in [0, 0.1) is 0 Å². The number of aliphatic hydroxyl groups excluding tert-OH is 1. The predicted molar refractivity (Wildman–Crippen MR) is 62.3 cm³/mol. The summed E-state index contributed by atoms with van der Waals surface area (Å²) < 4.78 is 5.11. The van der Waals surface area contributed by atoms with Gasteiger partial charge in [-0.25, -0.2) is 5.01 Å². The summed E-state index contributed by atoms with van der Waals surface area (Å²) in [6.07, 6.45) is 3.14. The van der Waals surface area contributed by atoms with Crippen molar-refractivity contribution in [3.63, 3.8) is 0 Å². The molecule has 0 spiro atoms. The van der Waals surface area contributed by atoms with Gasteiger partial charge in [0.05, 0.1) is 18.2 Å². The Morgan fingerprint density at radius 2 is 2.00 bits per heavy atom. The number of rotatable bonds is 4. The van der Waals surface area contributed by atoms with Gasteiger partial charge in [-0.2, -0.15) is 5.10 Å². The summed E-state index contributed by atoms with van der Waals surface area (Å²) in [7, 11) is 0. The number of anilines is 1. The van der Waals surface area contributed by atoms with Crippen molar-refractivity contribution in [1.82, 2.24) is 0 Å². The lowest BCUT2D eigenvalue weighted by atomic mass is 10.3. The highest BCUT2D eigenvalue weighted by molar-refractivity contribution is 5.76. The van der Waals surface area contributed by atoms with Gasteiger partial charge in [-0.3, -0.25) is 0 Å². The third kappa shape index (κ3) is 2.49. The molecule has 0 unspecified atom stereocenters. The van der Waals surface area contributed by atoms with Crippen molar-refractivity contribution in [2.75, 3.05) is 11.7 Å². The molecule has 0 radical (unpaired) electrons. The molecular weight excluding hydrogens is 204 g/mol. The molecule has 4 nitrogen and oxygen atoms in total. The third-order valence-electron chi connectivity index (χ3n) is 2.06. The fourth-order valence-corrected chi connectivity index (χ4v) is 1.28. The van der Waals surface area contributed by atoms with Gasteiger partial charge in [0, 0.05) is 0 Å². The van der Waals surface area contributed by atoms with E-state index in [1.807, 2.05) is 30.3 Å². The van der Waals surface area contributed by atoms with Crippen molar-refractivity contribution >= 4 is 11.9 Å². The summed E-state index contributed by atoms with van der Waals surface area (Å²) in [5.41, 5.74) is 0.827. The predicted octanol–water partition coefficient (Wildman–Crippen LogP) is 2.07. The first-order valence-electron chi connectivity index (χ1n) is 4.91. The van der Waals surface area contributed by atoms with Gasteiger partial charge in [0.2, 0.25) is 0 Å². The molecular formula is C12H12N2O2. The Hall–Kier alpha value is -2.07. The smallest absolute Gasteiger partial charge is 0.146 e. The van der Waals surface area contributed by atoms with Gasteiger partial charge < -0.3 is 9.52 Å². The van der Waals surface area contributed by atoms with Gasteiger partial charge in [0.25, 0.3) is 0 Å². The second kappa shape index (κ2) is 5.14. The van der Waals surface area contributed by atoms with Gasteiger partial charge in [-0.05, 0) is 24.3 Å². The van der Waals surface area contributed by atoms with Crippen molar-refractivity contribution in [3.8, 4) is 0 Å². The van der Waals surface area contributed by atoms with E-state index in [2.05, 4.69) is 5.10 Å². The Balaban J connectivity index is 2.12. The van der Waals surface area contributed by atoms with Crippen LogP contribution in [0.25, 0.3) is 0 Å². The molecule has 16 heavy (non-hydrogen) atoms. The van der Waals surface area contributed by atoms with Crippen LogP contribution in [0.4, 0.5) is 5.69 Å². The number of para-hydroxylation sites is 1. The van der Waals surface area contributed by atoms with Crippen LogP contribution in [0.5, 0.6) is 0 Å². The minimum absolute atomic E-state index is 0.179. The molecule has 0 amide bonds. The first-order valence-corrected chi connectivity index (χ1v) is 4.91. The molecule has 82 valence electrons. The van der Waals surface area contributed by atoms with E-state index in [1.165, 1.54) is 5.01 Å². The van der Waals surface area contributed by atoms with E-state index in [-0.39, 0.29) is 6.73 Å². The molecule has 2 rings (SSSR count). The molecule has 0 fully saturated rings. The molecule has 2 aromatic rings. The van der Waals surface area contributed by atoms with Crippen LogP contribution >= 0.6 is 0 Å². The van der Waals surface area contributed by atoms with Crippen molar-refractivity contribution in [3.05, 3.63) is 54.5 Å². The van der Waals surface area contributed by atoms with Gasteiger partial charge in [0.15, 0.2) is 0 Å². The summed E-state index contributed by atoms with van der Waals surface area (Å²) in [5.74, 6) is 0.648. The van der Waals surface area contributed by atoms with Gasteiger partial charge in [0.1, 0.15) is 12.5 Å². The van der Waals surface area contributed by atoms with Crippen molar-refractivity contribution < 1.29 is 9.52 Å². The first kappa shape index (κ1) is 10.4. The number of aliphatic hydroxyl groups is 1. The van der Waals surface area contributed by atoms with Crippen LogP contribution in [0.15, 0.2) is 58.2 Å². The molecule has 1 aromatic carbocycles. The highest BCUT2D eigenvalue weighted by atomic mass is 16.3. The van der Waals surface area contributed by atoms with Crippen LogP contribution in [0.2, 0.25) is 0 Å². The molecule has 0 saturated heterocycles. The Kier molecular flexibility index (Phi) is 3.35. The fourth-order valence-electron chi connectivity index (χ4n) is 1.28. The van der Waals surface area contributed by atoms with Crippen molar-refractivity contribution in [2.24, 2.45) is 5.10 Å². The molecule has 0 atom stereocenters. The Morgan fingerprint density at radius 3 is 2.62 bits per heavy atom. The molecule has 0 aliphatic heterocycles. The maximum Gasteiger partial charge on any atom is 0.146 e. The molecule has 0 bridgehead atoms. The zero-order valence-electron chi connectivity index (χ0n) is 8.65. The van der Waals surface area contributed by atoms with Gasteiger partial charge >= 0.3 is 0 Å². The van der Waals surface area contributed by atoms with E-state index < -0.39 is 0 Å². The number of hydrogen-bond acceptors (Lipinski definition) is 4. The first-order chi connectivity index (χ1) is 7.90. The Bertz CT molecular complexity index is 437. The fraction of sp³-hybridized carbons (Fsp3) is 0.0833. The quantitative estimate of drug-likeness (QED) is 0.483. The minimum Gasteiger partial charge on any atom is -0.463 e. The van der Waals surface area contributed by atoms with E-state index in [0.29, 0.717) is 5.76 Å². The average molecular weight is 216 g/mol. The number of hydrogen-bond donors (Lipinski definition) is 1. The maximum atomic E-state index is 9.19. The largest absolute Gasteiger partial charge is 0.463 e. The van der Waals surface area contributed by atoms with Crippen LogP contribution in [0.1, 0.15) is 5.76 Å². The number of benzene rings is 1. The SMILES string of the molecule is OCN(/N=C/c1ccco1)c1ccccc1. The lowest BCUT2D eigenvalue weighted by Crippen LogP contribution is -2.17. The molecule has 0 aliphatic rings. The van der Waals surface area contributed by atoms with Crippen LogP contribution < -0.4 is 5.01 Å². The normalized spacial score (nSPS) is 10.8. The molecule has 0 saturated carbocycles. The van der Waals surface area contributed by atoms with Crippen molar-refractivity contribution in [1.29, 1.82) is 0 Å². The second-order valence-electron chi connectivity index (χ2n) is 3.14. The lowest BCUT2D eigenvalue weighted by Gasteiger charge is -2.14. The molecule has 1 aromatic heterocycles. The summed E-state index contributed by atoms with van der Waals surface area (Å²) in [6, 6.07) is 13.0. The lowest BCUT2D eigenvalue weighted by molar-refractivity contribution is 0.293. The molecule has 1 N–H and O–H groups in total. The van der Waals surface area contributed by atoms with E-state index in [4.69, 9.17) is 4.42 Å².